The van der Waals surface area contributed by atoms with Crippen LogP contribution in [0, 0.1) is 0 Å². The second-order valence-corrected chi connectivity index (χ2v) is 4.62. The molecule has 0 saturated carbocycles. The summed E-state index contributed by atoms with van der Waals surface area (Å²) in [6.07, 6.45) is -0.514. The van der Waals surface area contributed by atoms with E-state index in [2.05, 4.69) is 9.97 Å². The van der Waals surface area contributed by atoms with Crippen LogP contribution in [0.1, 0.15) is 11.3 Å². The van der Waals surface area contributed by atoms with Gasteiger partial charge in [0.15, 0.2) is 5.82 Å². The molecule has 0 atom stereocenters. The molecule has 1 aromatic heterocycles. The number of fused-ring (bicyclic) bond motifs is 1. The Morgan fingerprint density at radius 3 is 2.65 bits per heavy atom. The van der Waals surface area contributed by atoms with Crippen molar-refractivity contribution in [2.45, 2.75) is 13.0 Å². The van der Waals surface area contributed by atoms with E-state index in [0.717, 1.165) is 5.56 Å². The molecule has 0 saturated heterocycles. The maximum absolute atomic E-state index is 11.0. The molecule has 3 rings (SSSR count). The lowest BCUT2D eigenvalue weighted by Crippen LogP contribution is -2.35. The summed E-state index contributed by atoms with van der Waals surface area (Å²) in [5, 5.41) is 19.0. The summed E-state index contributed by atoms with van der Waals surface area (Å²) in [5.74, 6) is 0.324. The van der Waals surface area contributed by atoms with Crippen molar-refractivity contribution in [3.8, 4) is 17.3 Å². The van der Waals surface area contributed by atoms with Crippen LogP contribution in [0.2, 0.25) is 0 Å². The molecule has 6 nitrogen and oxygen atoms in total. The molecule has 0 fully saturated rings. The Balaban J connectivity index is 2.00. The van der Waals surface area contributed by atoms with Crippen LogP contribution < -0.4 is 0 Å². The summed E-state index contributed by atoms with van der Waals surface area (Å²) < 4.78 is 0. The lowest BCUT2D eigenvalue weighted by Gasteiger charge is -2.26. The molecule has 0 aliphatic carbocycles. The molecule has 1 amide bonds. The van der Waals surface area contributed by atoms with Crippen LogP contribution >= 0.6 is 0 Å². The summed E-state index contributed by atoms with van der Waals surface area (Å²) in [6, 6.07) is 9.39. The van der Waals surface area contributed by atoms with Gasteiger partial charge < -0.3 is 15.1 Å². The number of carbonyl (C=O) groups is 1. The van der Waals surface area contributed by atoms with Crippen molar-refractivity contribution in [2.75, 3.05) is 6.54 Å². The quantitative estimate of drug-likeness (QED) is 0.827. The van der Waals surface area contributed by atoms with E-state index in [-0.39, 0.29) is 12.4 Å². The molecule has 2 heterocycles. The molecule has 0 spiro atoms. The third kappa shape index (κ3) is 2.16. The predicted octanol–water partition coefficient (Wildman–Crippen LogP) is 1.89. The van der Waals surface area contributed by atoms with Crippen molar-refractivity contribution in [3.63, 3.8) is 0 Å². The highest BCUT2D eigenvalue weighted by molar-refractivity contribution is 5.66. The maximum atomic E-state index is 11.0. The van der Waals surface area contributed by atoms with Crippen molar-refractivity contribution in [1.82, 2.24) is 14.9 Å². The number of amides is 1. The Morgan fingerprint density at radius 1 is 1.20 bits per heavy atom. The topological polar surface area (TPSA) is 86.5 Å². The van der Waals surface area contributed by atoms with Crippen molar-refractivity contribution in [2.24, 2.45) is 0 Å². The molecular formula is C14H13N3O3. The normalized spacial score (nSPS) is 13.9. The van der Waals surface area contributed by atoms with Gasteiger partial charge in [-0.1, -0.05) is 30.3 Å². The van der Waals surface area contributed by atoms with Crippen molar-refractivity contribution in [1.29, 1.82) is 0 Å². The molecule has 1 aliphatic rings. The van der Waals surface area contributed by atoms with E-state index >= 15 is 0 Å². The smallest absolute Gasteiger partial charge is 0.407 e. The average Bonchev–Trinajstić information content (AvgIpc) is 2.47. The van der Waals surface area contributed by atoms with E-state index < -0.39 is 6.09 Å². The fraction of sp³-hybridized carbons (Fsp3) is 0.214. The monoisotopic (exact) mass is 271 g/mol. The SMILES string of the molecule is O=C(O)N1CCc2nc(-c3ccccc3)nc(O)c2C1. The zero-order valence-electron chi connectivity index (χ0n) is 10.7. The first-order valence-corrected chi connectivity index (χ1v) is 6.27. The Hall–Kier alpha value is -2.63. The first kappa shape index (κ1) is 12.4. The van der Waals surface area contributed by atoms with E-state index in [1.807, 2.05) is 30.3 Å². The summed E-state index contributed by atoms with van der Waals surface area (Å²) in [6.45, 7) is 0.512. The first-order chi connectivity index (χ1) is 9.65. The number of hydrogen-bond acceptors (Lipinski definition) is 4. The zero-order valence-corrected chi connectivity index (χ0v) is 10.7. The van der Waals surface area contributed by atoms with Crippen LogP contribution in [-0.2, 0) is 13.0 Å². The number of aromatic hydroxyl groups is 1. The number of carboxylic acid groups (broad SMARTS) is 1. The predicted molar refractivity (Wildman–Crippen MR) is 71.3 cm³/mol. The molecule has 2 aromatic rings. The number of aromatic nitrogens is 2. The number of hydrogen-bond donors (Lipinski definition) is 2. The Bertz CT molecular complexity index is 658. The highest BCUT2D eigenvalue weighted by Gasteiger charge is 2.25. The average molecular weight is 271 g/mol. The third-order valence-corrected chi connectivity index (χ3v) is 3.34. The second kappa shape index (κ2) is 4.80. The van der Waals surface area contributed by atoms with E-state index in [1.165, 1.54) is 4.90 Å². The number of rotatable bonds is 1. The van der Waals surface area contributed by atoms with Gasteiger partial charge in [0.2, 0.25) is 5.88 Å². The molecular weight excluding hydrogens is 258 g/mol. The molecule has 0 bridgehead atoms. The van der Waals surface area contributed by atoms with Gasteiger partial charge in [0.1, 0.15) is 0 Å². The van der Waals surface area contributed by atoms with Crippen LogP contribution in [0.5, 0.6) is 5.88 Å². The zero-order chi connectivity index (χ0) is 14.1. The summed E-state index contributed by atoms with van der Waals surface area (Å²) in [5.41, 5.74) is 2.04. The van der Waals surface area contributed by atoms with Crippen molar-refractivity contribution < 1.29 is 15.0 Å². The summed E-state index contributed by atoms with van der Waals surface area (Å²) in [7, 11) is 0. The Morgan fingerprint density at radius 2 is 1.95 bits per heavy atom. The Kier molecular flexibility index (Phi) is 2.98. The molecule has 20 heavy (non-hydrogen) atoms. The van der Waals surface area contributed by atoms with Crippen LogP contribution in [0.4, 0.5) is 4.79 Å². The molecule has 0 unspecified atom stereocenters. The van der Waals surface area contributed by atoms with Gasteiger partial charge >= 0.3 is 6.09 Å². The molecule has 6 heteroatoms. The summed E-state index contributed by atoms with van der Waals surface area (Å²) >= 11 is 0. The maximum Gasteiger partial charge on any atom is 0.407 e. The second-order valence-electron chi connectivity index (χ2n) is 4.62. The van der Waals surface area contributed by atoms with Crippen LogP contribution in [0.15, 0.2) is 30.3 Å². The van der Waals surface area contributed by atoms with Crippen molar-refractivity contribution >= 4 is 6.09 Å². The van der Waals surface area contributed by atoms with Crippen molar-refractivity contribution in [3.05, 3.63) is 41.6 Å². The van der Waals surface area contributed by atoms with E-state index in [9.17, 15) is 9.90 Å². The number of benzene rings is 1. The molecule has 0 radical (unpaired) electrons. The lowest BCUT2D eigenvalue weighted by atomic mass is 10.1. The van der Waals surface area contributed by atoms with Gasteiger partial charge in [-0.05, 0) is 0 Å². The molecule has 1 aromatic carbocycles. The minimum Gasteiger partial charge on any atom is -0.493 e. The Labute approximate surface area is 115 Å². The van der Waals surface area contributed by atoms with Gasteiger partial charge in [-0.25, -0.2) is 9.78 Å². The van der Waals surface area contributed by atoms with Gasteiger partial charge in [0.25, 0.3) is 0 Å². The van der Waals surface area contributed by atoms with Gasteiger partial charge in [0, 0.05) is 18.5 Å². The first-order valence-electron chi connectivity index (χ1n) is 6.27. The third-order valence-electron chi connectivity index (χ3n) is 3.34. The molecule has 2 N–H and O–H groups in total. The fourth-order valence-corrected chi connectivity index (χ4v) is 2.28. The van der Waals surface area contributed by atoms with Gasteiger partial charge in [-0.15, -0.1) is 0 Å². The molecule has 1 aliphatic heterocycles. The van der Waals surface area contributed by atoms with E-state index in [1.54, 1.807) is 0 Å². The van der Waals surface area contributed by atoms with Gasteiger partial charge in [-0.3, -0.25) is 0 Å². The van der Waals surface area contributed by atoms with Crippen LogP contribution in [-0.4, -0.2) is 37.7 Å². The highest BCUT2D eigenvalue weighted by Crippen LogP contribution is 2.27. The van der Waals surface area contributed by atoms with Crippen LogP contribution in [0.3, 0.4) is 0 Å². The summed E-state index contributed by atoms with van der Waals surface area (Å²) in [4.78, 5) is 20.7. The lowest BCUT2D eigenvalue weighted by molar-refractivity contribution is 0.139. The standard InChI is InChI=1S/C14H13N3O3/c18-13-10-8-17(14(19)20)7-6-11(10)15-12(16-13)9-4-2-1-3-5-9/h1-5H,6-8H2,(H,19,20)(H,15,16,18). The highest BCUT2D eigenvalue weighted by atomic mass is 16.4. The minimum absolute atomic E-state index is 0.131. The molecule has 102 valence electrons. The number of nitrogens with zero attached hydrogens (tertiary/aromatic N) is 3. The van der Waals surface area contributed by atoms with E-state index in [0.29, 0.717) is 30.0 Å². The van der Waals surface area contributed by atoms with Gasteiger partial charge in [0.05, 0.1) is 17.8 Å². The largest absolute Gasteiger partial charge is 0.493 e. The van der Waals surface area contributed by atoms with Crippen LogP contribution in [0.25, 0.3) is 11.4 Å². The van der Waals surface area contributed by atoms with Gasteiger partial charge in [-0.2, -0.15) is 4.98 Å². The fourth-order valence-electron chi connectivity index (χ4n) is 2.28. The minimum atomic E-state index is -0.998. The van der Waals surface area contributed by atoms with E-state index in [4.69, 9.17) is 5.11 Å².